The van der Waals surface area contributed by atoms with E-state index in [4.69, 9.17) is 9.47 Å². The lowest BCUT2D eigenvalue weighted by atomic mass is 9.73. The fourth-order valence-corrected chi connectivity index (χ4v) is 4.14. The van der Waals surface area contributed by atoms with Crippen LogP contribution in [0.2, 0.25) is 0 Å². The van der Waals surface area contributed by atoms with Gasteiger partial charge in [-0.2, -0.15) is 0 Å². The van der Waals surface area contributed by atoms with Crippen LogP contribution in [0.25, 0.3) is 0 Å². The molecule has 0 aromatic carbocycles. The first kappa shape index (κ1) is 12.2. The van der Waals surface area contributed by atoms with E-state index >= 15 is 0 Å². The minimum atomic E-state index is -0.537. The first-order valence-corrected chi connectivity index (χ1v) is 7.20. The predicted molar refractivity (Wildman–Crippen MR) is 70.8 cm³/mol. The summed E-state index contributed by atoms with van der Waals surface area (Å²) in [5.41, 5.74) is -1.03. The Morgan fingerprint density at radius 1 is 1.25 bits per heavy atom. The molecule has 0 amide bonds. The van der Waals surface area contributed by atoms with Crippen molar-refractivity contribution >= 4 is 0 Å². The largest absolute Gasteiger partial charge is 0.469 e. The highest BCUT2D eigenvalue weighted by Crippen LogP contribution is 2.57. The van der Waals surface area contributed by atoms with Gasteiger partial charge in [0.25, 0.3) is 5.56 Å². The van der Waals surface area contributed by atoms with Gasteiger partial charge in [-0.3, -0.25) is 14.8 Å². The highest BCUT2D eigenvalue weighted by atomic mass is 16.6. The number of rotatable bonds is 0. The highest BCUT2D eigenvalue weighted by molar-refractivity contribution is 5.36. The third-order valence-electron chi connectivity index (χ3n) is 5.15. The van der Waals surface area contributed by atoms with Crippen molar-refractivity contribution in [3.05, 3.63) is 26.4 Å². The van der Waals surface area contributed by atoms with Crippen molar-refractivity contribution < 1.29 is 9.47 Å². The van der Waals surface area contributed by atoms with Gasteiger partial charge in [0.2, 0.25) is 5.88 Å². The molecule has 1 aliphatic carbocycles. The van der Waals surface area contributed by atoms with Gasteiger partial charge in [-0.1, -0.05) is 13.3 Å². The van der Waals surface area contributed by atoms with Crippen LogP contribution in [0.15, 0.2) is 9.59 Å². The van der Waals surface area contributed by atoms with Gasteiger partial charge in [0, 0.05) is 5.92 Å². The van der Waals surface area contributed by atoms with Gasteiger partial charge < -0.3 is 9.47 Å². The monoisotopic (exact) mass is 278 g/mol. The van der Waals surface area contributed by atoms with E-state index in [1.165, 1.54) is 0 Å². The second kappa shape index (κ2) is 3.75. The smallest absolute Gasteiger partial charge is 0.328 e. The predicted octanol–water partition coefficient (Wildman–Crippen LogP) is 1.09. The van der Waals surface area contributed by atoms with Crippen molar-refractivity contribution in [2.24, 2.45) is 11.8 Å². The minimum Gasteiger partial charge on any atom is -0.469 e. The molecule has 4 rings (SSSR count). The minimum absolute atomic E-state index is 0.147. The molecular weight excluding hydrogens is 260 g/mol. The first-order valence-electron chi connectivity index (χ1n) is 7.20. The number of nitrogens with one attached hydrogen (secondary N) is 2. The zero-order valence-corrected chi connectivity index (χ0v) is 11.6. The van der Waals surface area contributed by atoms with Gasteiger partial charge in [-0.15, -0.1) is 0 Å². The summed E-state index contributed by atoms with van der Waals surface area (Å²) in [6.45, 7) is 4.23. The number of hydrogen-bond acceptors (Lipinski definition) is 4. The molecule has 3 aliphatic rings. The summed E-state index contributed by atoms with van der Waals surface area (Å²) in [4.78, 5) is 28.3. The van der Waals surface area contributed by atoms with Gasteiger partial charge in [0.05, 0.1) is 6.10 Å². The SMILES string of the molecule is C[C@H]1CCC2[C@H](C1)OC1c3c([nH]c(=O)[nH]c3=O)O[C@]12C. The maximum atomic E-state index is 12.1. The van der Waals surface area contributed by atoms with Crippen LogP contribution in [0, 0.1) is 11.8 Å². The lowest BCUT2D eigenvalue weighted by Crippen LogP contribution is -2.42. The Morgan fingerprint density at radius 3 is 2.85 bits per heavy atom. The fraction of sp³-hybridized carbons (Fsp3) is 0.714. The van der Waals surface area contributed by atoms with E-state index in [-0.39, 0.29) is 24.0 Å². The lowest BCUT2D eigenvalue weighted by molar-refractivity contribution is -0.00597. The summed E-state index contributed by atoms with van der Waals surface area (Å²) in [6, 6.07) is 0. The molecule has 0 radical (unpaired) electrons. The third kappa shape index (κ3) is 1.43. The lowest BCUT2D eigenvalue weighted by Gasteiger charge is -2.35. The summed E-state index contributed by atoms with van der Waals surface area (Å²) >= 11 is 0. The molecule has 6 nitrogen and oxygen atoms in total. The number of H-pyrrole nitrogens is 2. The molecular formula is C14H18N2O4. The molecule has 1 aromatic rings. The summed E-state index contributed by atoms with van der Waals surface area (Å²) < 4.78 is 12.1. The summed E-state index contributed by atoms with van der Waals surface area (Å²) in [5, 5.41) is 0. The Kier molecular flexibility index (Phi) is 2.29. The topological polar surface area (TPSA) is 84.2 Å². The molecule has 3 heterocycles. The third-order valence-corrected chi connectivity index (χ3v) is 5.15. The quantitative estimate of drug-likeness (QED) is 0.744. The van der Waals surface area contributed by atoms with E-state index in [1.807, 2.05) is 6.92 Å². The fourth-order valence-electron chi connectivity index (χ4n) is 4.14. The van der Waals surface area contributed by atoms with Crippen LogP contribution >= 0.6 is 0 Å². The number of fused-ring (bicyclic) bond motifs is 5. The van der Waals surface area contributed by atoms with Crippen molar-refractivity contribution in [2.45, 2.75) is 50.9 Å². The average molecular weight is 278 g/mol. The van der Waals surface area contributed by atoms with Crippen molar-refractivity contribution in [3.8, 4) is 5.88 Å². The molecule has 1 saturated heterocycles. The molecule has 0 bridgehead atoms. The Morgan fingerprint density at radius 2 is 2.05 bits per heavy atom. The maximum Gasteiger partial charge on any atom is 0.328 e. The van der Waals surface area contributed by atoms with Gasteiger partial charge >= 0.3 is 5.69 Å². The second-order valence-electron chi connectivity index (χ2n) is 6.52. The molecule has 108 valence electrons. The Hall–Kier alpha value is -1.56. The molecule has 1 aromatic heterocycles. The molecule has 0 spiro atoms. The van der Waals surface area contributed by atoms with Crippen LogP contribution in [0.4, 0.5) is 0 Å². The van der Waals surface area contributed by atoms with Crippen LogP contribution in [0.1, 0.15) is 44.8 Å². The normalized spacial score (nSPS) is 41.7. The van der Waals surface area contributed by atoms with Crippen LogP contribution < -0.4 is 16.0 Å². The van der Waals surface area contributed by atoms with E-state index < -0.39 is 16.9 Å². The molecule has 2 fully saturated rings. The van der Waals surface area contributed by atoms with Crippen LogP contribution in [0.5, 0.6) is 5.88 Å². The molecule has 2 unspecified atom stereocenters. The maximum absolute atomic E-state index is 12.1. The second-order valence-corrected chi connectivity index (χ2v) is 6.52. The van der Waals surface area contributed by atoms with E-state index in [9.17, 15) is 9.59 Å². The summed E-state index contributed by atoms with van der Waals surface area (Å²) in [6.07, 6.45) is 2.97. The number of hydrogen-bond donors (Lipinski definition) is 2. The summed E-state index contributed by atoms with van der Waals surface area (Å²) in [5.74, 6) is 1.20. The van der Waals surface area contributed by atoms with Crippen molar-refractivity contribution in [2.75, 3.05) is 0 Å². The standard InChI is InChI=1S/C14H18N2O4/c1-6-3-4-7-8(5-6)19-10-9-11(17)15-13(18)16-12(9)20-14(7,10)2/h6-8,10H,3-5H2,1-2H3,(H2,15,16,17,18)/t6-,7?,8-,10?,14-/m0/s1. The van der Waals surface area contributed by atoms with E-state index in [0.29, 0.717) is 11.5 Å². The van der Waals surface area contributed by atoms with E-state index in [1.54, 1.807) is 0 Å². The highest BCUT2D eigenvalue weighted by Gasteiger charge is 2.62. The molecule has 2 N–H and O–H groups in total. The molecule has 20 heavy (non-hydrogen) atoms. The Labute approximate surface area is 115 Å². The van der Waals surface area contributed by atoms with Crippen molar-refractivity contribution in [1.82, 2.24) is 9.97 Å². The zero-order chi connectivity index (χ0) is 14.1. The van der Waals surface area contributed by atoms with Crippen LogP contribution in [-0.4, -0.2) is 21.7 Å². The Balaban J connectivity index is 1.81. The zero-order valence-electron chi connectivity index (χ0n) is 11.6. The van der Waals surface area contributed by atoms with Crippen LogP contribution in [0.3, 0.4) is 0 Å². The average Bonchev–Trinajstić information content (AvgIpc) is 2.76. The summed E-state index contributed by atoms with van der Waals surface area (Å²) in [7, 11) is 0. The molecule has 2 aliphatic heterocycles. The van der Waals surface area contributed by atoms with Crippen molar-refractivity contribution in [1.29, 1.82) is 0 Å². The van der Waals surface area contributed by atoms with Crippen LogP contribution in [-0.2, 0) is 4.74 Å². The number of aromatic amines is 2. The van der Waals surface area contributed by atoms with Gasteiger partial charge in [-0.05, 0) is 25.7 Å². The van der Waals surface area contributed by atoms with E-state index in [0.717, 1.165) is 19.3 Å². The van der Waals surface area contributed by atoms with Gasteiger partial charge in [-0.25, -0.2) is 4.79 Å². The molecule has 1 saturated carbocycles. The van der Waals surface area contributed by atoms with Gasteiger partial charge in [0.1, 0.15) is 17.3 Å². The van der Waals surface area contributed by atoms with Crippen molar-refractivity contribution in [3.63, 3.8) is 0 Å². The number of ether oxygens (including phenoxy) is 2. The number of aromatic nitrogens is 2. The Bertz CT molecular complexity index is 678. The van der Waals surface area contributed by atoms with E-state index in [2.05, 4.69) is 16.9 Å². The first-order chi connectivity index (χ1) is 9.49. The van der Waals surface area contributed by atoms with Gasteiger partial charge in [0.15, 0.2) is 0 Å². The molecule has 6 heteroatoms. The molecule has 5 atom stereocenters.